The van der Waals surface area contributed by atoms with E-state index in [1.54, 1.807) is 12.1 Å². The Morgan fingerprint density at radius 3 is 2.53 bits per heavy atom. The number of halogens is 2. The van der Waals surface area contributed by atoms with Gasteiger partial charge in [0.25, 0.3) is 0 Å². The molecule has 0 saturated heterocycles. The van der Waals surface area contributed by atoms with Crippen molar-refractivity contribution >= 4 is 5.82 Å². The van der Waals surface area contributed by atoms with E-state index in [9.17, 15) is 8.78 Å². The summed E-state index contributed by atoms with van der Waals surface area (Å²) in [6, 6.07) is 7.50. The zero-order chi connectivity index (χ0) is 12.1. The van der Waals surface area contributed by atoms with Crippen LogP contribution in [0, 0.1) is 11.8 Å². The van der Waals surface area contributed by atoms with Crippen molar-refractivity contribution in [1.29, 1.82) is 0 Å². The molecule has 17 heavy (non-hydrogen) atoms. The maximum Gasteiger partial charge on any atom is 0.217 e. The predicted octanol–water partition coefficient (Wildman–Crippen LogP) is 2.41. The van der Waals surface area contributed by atoms with Gasteiger partial charge in [-0.1, -0.05) is 12.1 Å². The van der Waals surface area contributed by atoms with Crippen molar-refractivity contribution in [2.24, 2.45) is 0 Å². The van der Waals surface area contributed by atoms with E-state index in [4.69, 9.17) is 0 Å². The molecule has 3 nitrogen and oxygen atoms in total. The Balaban J connectivity index is 1.85. The van der Waals surface area contributed by atoms with Gasteiger partial charge in [-0.15, -0.1) is 0 Å². The van der Waals surface area contributed by atoms with Crippen LogP contribution in [-0.4, -0.2) is 16.5 Å². The van der Waals surface area contributed by atoms with E-state index >= 15 is 0 Å². The van der Waals surface area contributed by atoms with Crippen LogP contribution in [0.5, 0.6) is 0 Å². The molecule has 0 bridgehead atoms. The number of benzene rings is 1. The van der Waals surface area contributed by atoms with Gasteiger partial charge in [0.05, 0.1) is 0 Å². The number of nitrogens with zero attached hydrogens (tertiary/aromatic N) is 2. The molecule has 0 atom stereocenters. The lowest BCUT2D eigenvalue weighted by Crippen LogP contribution is -2.06. The highest BCUT2D eigenvalue weighted by Gasteiger charge is 1.98. The standard InChI is InChI=1S/C12H11F2N3/c13-10-3-1-9(2-4-10)5-6-15-12-7-11(14)16-8-17-12/h1-4,7-8H,5-6H2,(H,15,16,17). The summed E-state index contributed by atoms with van der Waals surface area (Å²) < 4.78 is 25.4. The lowest BCUT2D eigenvalue weighted by molar-refractivity contribution is 0.580. The second-order valence-electron chi connectivity index (χ2n) is 3.53. The molecule has 1 N–H and O–H groups in total. The Bertz CT molecular complexity index is 485. The summed E-state index contributed by atoms with van der Waals surface area (Å²) in [5, 5.41) is 2.96. The third kappa shape index (κ3) is 3.48. The van der Waals surface area contributed by atoms with Gasteiger partial charge in [0.1, 0.15) is 18.0 Å². The maximum atomic E-state index is 12.7. The molecule has 0 aliphatic carbocycles. The molecule has 1 aromatic heterocycles. The van der Waals surface area contributed by atoms with Crippen LogP contribution < -0.4 is 5.32 Å². The molecule has 0 unspecified atom stereocenters. The first-order valence-electron chi connectivity index (χ1n) is 5.20. The fourth-order valence-electron chi connectivity index (χ4n) is 1.42. The van der Waals surface area contributed by atoms with Crippen LogP contribution in [0.15, 0.2) is 36.7 Å². The predicted molar refractivity (Wildman–Crippen MR) is 60.6 cm³/mol. The van der Waals surface area contributed by atoms with E-state index in [-0.39, 0.29) is 5.82 Å². The van der Waals surface area contributed by atoms with Gasteiger partial charge in [-0.2, -0.15) is 4.39 Å². The highest BCUT2D eigenvalue weighted by molar-refractivity contribution is 5.32. The van der Waals surface area contributed by atoms with E-state index in [2.05, 4.69) is 15.3 Å². The smallest absolute Gasteiger partial charge is 0.217 e. The van der Waals surface area contributed by atoms with Gasteiger partial charge < -0.3 is 5.32 Å². The van der Waals surface area contributed by atoms with E-state index in [1.165, 1.54) is 18.2 Å². The Morgan fingerprint density at radius 1 is 1.06 bits per heavy atom. The quantitative estimate of drug-likeness (QED) is 0.827. The third-order valence-corrected chi connectivity index (χ3v) is 2.27. The largest absolute Gasteiger partial charge is 0.370 e. The highest BCUT2D eigenvalue weighted by Crippen LogP contribution is 2.05. The summed E-state index contributed by atoms with van der Waals surface area (Å²) in [5.41, 5.74) is 1.01. The molecular weight excluding hydrogens is 224 g/mol. The van der Waals surface area contributed by atoms with Gasteiger partial charge >= 0.3 is 0 Å². The summed E-state index contributed by atoms with van der Waals surface area (Å²) in [6.07, 6.45) is 1.88. The second kappa shape index (κ2) is 5.34. The molecule has 0 radical (unpaired) electrons. The van der Waals surface area contributed by atoms with Crippen LogP contribution in [0.1, 0.15) is 5.56 Å². The molecule has 2 rings (SSSR count). The number of anilines is 1. The van der Waals surface area contributed by atoms with E-state index in [0.717, 1.165) is 11.9 Å². The molecule has 0 spiro atoms. The van der Waals surface area contributed by atoms with Crippen molar-refractivity contribution in [3.8, 4) is 0 Å². The van der Waals surface area contributed by atoms with Gasteiger partial charge in [0.15, 0.2) is 0 Å². The van der Waals surface area contributed by atoms with Gasteiger partial charge in [-0.3, -0.25) is 0 Å². The summed E-state index contributed by atoms with van der Waals surface area (Å²) in [4.78, 5) is 7.22. The first-order chi connectivity index (χ1) is 8.24. The van der Waals surface area contributed by atoms with Crippen molar-refractivity contribution in [3.05, 3.63) is 54.0 Å². The van der Waals surface area contributed by atoms with Crippen LogP contribution in [-0.2, 0) is 6.42 Å². The van der Waals surface area contributed by atoms with Crippen molar-refractivity contribution in [2.45, 2.75) is 6.42 Å². The number of aromatic nitrogens is 2. The van der Waals surface area contributed by atoms with Crippen molar-refractivity contribution in [3.63, 3.8) is 0 Å². The SMILES string of the molecule is Fc1ccc(CCNc2cc(F)ncn2)cc1. The first kappa shape index (κ1) is 11.4. The topological polar surface area (TPSA) is 37.8 Å². The van der Waals surface area contributed by atoms with Crippen LogP contribution in [0.25, 0.3) is 0 Å². The second-order valence-corrected chi connectivity index (χ2v) is 3.53. The van der Waals surface area contributed by atoms with Crippen LogP contribution in [0.2, 0.25) is 0 Å². The molecule has 0 saturated carbocycles. The molecule has 1 heterocycles. The summed E-state index contributed by atoms with van der Waals surface area (Å²) in [7, 11) is 0. The first-order valence-corrected chi connectivity index (χ1v) is 5.20. The monoisotopic (exact) mass is 235 g/mol. The third-order valence-electron chi connectivity index (χ3n) is 2.27. The molecule has 2 aromatic rings. The Hall–Kier alpha value is -2.04. The zero-order valence-corrected chi connectivity index (χ0v) is 9.03. The van der Waals surface area contributed by atoms with E-state index in [0.29, 0.717) is 18.8 Å². The van der Waals surface area contributed by atoms with E-state index < -0.39 is 5.95 Å². The lowest BCUT2D eigenvalue weighted by Gasteiger charge is -2.05. The Kier molecular flexibility index (Phi) is 3.59. The molecule has 1 aromatic carbocycles. The van der Waals surface area contributed by atoms with Crippen LogP contribution in [0.4, 0.5) is 14.6 Å². The minimum atomic E-state index is -0.565. The van der Waals surface area contributed by atoms with Crippen molar-refractivity contribution in [1.82, 2.24) is 9.97 Å². The summed E-state index contributed by atoms with van der Waals surface area (Å²) in [5.74, 6) is -0.372. The minimum absolute atomic E-state index is 0.250. The number of nitrogens with one attached hydrogen (secondary N) is 1. The Morgan fingerprint density at radius 2 is 1.82 bits per heavy atom. The van der Waals surface area contributed by atoms with Gasteiger partial charge in [-0.05, 0) is 24.1 Å². The molecular formula is C12H11F2N3. The fraction of sp³-hybridized carbons (Fsp3) is 0.167. The van der Waals surface area contributed by atoms with Crippen LogP contribution >= 0.6 is 0 Å². The molecule has 5 heteroatoms. The number of rotatable bonds is 4. The minimum Gasteiger partial charge on any atom is -0.370 e. The average Bonchev–Trinajstić information content (AvgIpc) is 2.32. The van der Waals surface area contributed by atoms with Gasteiger partial charge in [0.2, 0.25) is 5.95 Å². The van der Waals surface area contributed by atoms with Crippen LogP contribution in [0.3, 0.4) is 0 Å². The number of hydrogen-bond donors (Lipinski definition) is 1. The van der Waals surface area contributed by atoms with E-state index in [1.807, 2.05) is 0 Å². The zero-order valence-electron chi connectivity index (χ0n) is 9.03. The summed E-state index contributed by atoms with van der Waals surface area (Å²) >= 11 is 0. The maximum absolute atomic E-state index is 12.7. The molecule has 0 aliphatic heterocycles. The lowest BCUT2D eigenvalue weighted by atomic mass is 10.1. The van der Waals surface area contributed by atoms with Gasteiger partial charge in [0, 0.05) is 12.6 Å². The van der Waals surface area contributed by atoms with Crippen molar-refractivity contribution in [2.75, 3.05) is 11.9 Å². The molecule has 0 amide bonds. The fourth-order valence-corrected chi connectivity index (χ4v) is 1.42. The molecule has 0 fully saturated rings. The summed E-state index contributed by atoms with van der Waals surface area (Å²) in [6.45, 7) is 0.599. The Labute approximate surface area is 97.5 Å². The molecule has 88 valence electrons. The molecule has 0 aliphatic rings. The normalized spacial score (nSPS) is 10.2. The number of hydrogen-bond acceptors (Lipinski definition) is 3. The average molecular weight is 235 g/mol. The highest BCUT2D eigenvalue weighted by atomic mass is 19.1. The van der Waals surface area contributed by atoms with Gasteiger partial charge in [-0.25, -0.2) is 14.4 Å². The van der Waals surface area contributed by atoms with Crippen molar-refractivity contribution < 1.29 is 8.78 Å².